The van der Waals surface area contributed by atoms with Gasteiger partial charge in [0.15, 0.2) is 0 Å². The molecule has 0 bridgehead atoms. The summed E-state index contributed by atoms with van der Waals surface area (Å²) in [6, 6.07) is 0.853. The Balaban J connectivity index is 1.94. The second kappa shape index (κ2) is 3.35. The second-order valence-corrected chi connectivity index (χ2v) is 4.59. The predicted molar refractivity (Wildman–Crippen MR) is 51.2 cm³/mol. The van der Waals surface area contributed by atoms with Crippen molar-refractivity contribution in [2.45, 2.75) is 26.3 Å². The Morgan fingerprint density at radius 3 is 2.92 bits per heavy atom. The molecule has 70 valence electrons. The Morgan fingerprint density at radius 1 is 1.42 bits per heavy atom. The lowest BCUT2D eigenvalue weighted by Gasteiger charge is -2.29. The molecule has 0 spiro atoms. The smallest absolute Gasteiger partial charge is 0.0224 e. The van der Waals surface area contributed by atoms with Crippen molar-refractivity contribution in [2.24, 2.45) is 11.8 Å². The summed E-state index contributed by atoms with van der Waals surface area (Å²) < 4.78 is 0. The average molecular weight is 168 g/mol. The molecule has 2 aliphatic heterocycles. The van der Waals surface area contributed by atoms with E-state index in [0.29, 0.717) is 0 Å². The fourth-order valence-corrected chi connectivity index (χ4v) is 2.48. The van der Waals surface area contributed by atoms with Gasteiger partial charge in [0.05, 0.1) is 0 Å². The maximum Gasteiger partial charge on any atom is 0.0224 e. The first-order valence-electron chi connectivity index (χ1n) is 5.22. The quantitative estimate of drug-likeness (QED) is 0.627. The fourth-order valence-electron chi connectivity index (χ4n) is 2.48. The van der Waals surface area contributed by atoms with Crippen molar-refractivity contribution >= 4 is 0 Å². The van der Waals surface area contributed by atoms with E-state index in [1.54, 1.807) is 0 Å². The third-order valence-corrected chi connectivity index (χ3v) is 3.46. The molecule has 0 aliphatic carbocycles. The molecule has 2 atom stereocenters. The molecule has 2 saturated heterocycles. The summed E-state index contributed by atoms with van der Waals surface area (Å²) in [6.45, 7) is 9.76. The SMILES string of the molecule is CC(C)C1CC2CNCCN2C1. The molecular weight excluding hydrogens is 148 g/mol. The van der Waals surface area contributed by atoms with E-state index in [2.05, 4.69) is 24.1 Å². The molecule has 0 aromatic rings. The lowest BCUT2D eigenvalue weighted by molar-refractivity contribution is 0.208. The third kappa shape index (κ3) is 1.50. The standard InChI is InChI=1S/C10H20N2/c1-8(2)9-5-10-6-11-3-4-12(10)7-9/h8-11H,3-7H2,1-2H3. The van der Waals surface area contributed by atoms with E-state index in [-0.39, 0.29) is 0 Å². The van der Waals surface area contributed by atoms with Crippen LogP contribution in [0, 0.1) is 11.8 Å². The van der Waals surface area contributed by atoms with Gasteiger partial charge < -0.3 is 5.32 Å². The minimum atomic E-state index is 0.853. The van der Waals surface area contributed by atoms with Gasteiger partial charge in [0, 0.05) is 32.2 Å². The molecule has 0 aromatic heterocycles. The van der Waals surface area contributed by atoms with Gasteiger partial charge in [-0.15, -0.1) is 0 Å². The molecule has 2 nitrogen and oxygen atoms in total. The maximum atomic E-state index is 3.47. The number of hydrogen-bond acceptors (Lipinski definition) is 2. The van der Waals surface area contributed by atoms with Crippen LogP contribution < -0.4 is 5.32 Å². The summed E-state index contributed by atoms with van der Waals surface area (Å²) in [7, 11) is 0. The van der Waals surface area contributed by atoms with E-state index < -0.39 is 0 Å². The van der Waals surface area contributed by atoms with Crippen molar-refractivity contribution in [3.8, 4) is 0 Å². The van der Waals surface area contributed by atoms with Crippen LogP contribution in [0.3, 0.4) is 0 Å². The zero-order valence-corrected chi connectivity index (χ0v) is 8.21. The van der Waals surface area contributed by atoms with Gasteiger partial charge in [-0.3, -0.25) is 4.90 Å². The average Bonchev–Trinajstić information content (AvgIpc) is 2.46. The van der Waals surface area contributed by atoms with Crippen LogP contribution in [-0.4, -0.2) is 37.1 Å². The molecule has 0 radical (unpaired) electrons. The molecule has 0 aromatic carbocycles. The van der Waals surface area contributed by atoms with Crippen LogP contribution in [0.5, 0.6) is 0 Å². The summed E-state index contributed by atoms with van der Waals surface area (Å²) in [5.74, 6) is 1.82. The van der Waals surface area contributed by atoms with Gasteiger partial charge in [-0.1, -0.05) is 13.8 Å². The van der Waals surface area contributed by atoms with Crippen molar-refractivity contribution in [1.29, 1.82) is 0 Å². The summed E-state index contributed by atoms with van der Waals surface area (Å²) in [5, 5.41) is 3.47. The monoisotopic (exact) mass is 168 g/mol. The van der Waals surface area contributed by atoms with E-state index in [1.807, 2.05) is 0 Å². The molecule has 0 amide bonds. The Hall–Kier alpha value is -0.0800. The molecule has 2 fully saturated rings. The van der Waals surface area contributed by atoms with Gasteiger partial charge in [-0.2, -0.15) is 0 Å². The number of fused-ring (bicyclic) bond motifs is 1. The van der Waals surface area contributed by atoms with Gasteiger partial charge >= 0.3 is 0 Å². The van der Waals surface area contributed by atoms with Crippen LogP contribution >= 0.6 is 0 Å². The van der Waals surface area contributed by atoms with E-state index in [4.69, 9.17) is 0 Å². The van der Waals surface area contributed by atoms with Crippen LogP contribution in [0.1, 0.15) is 20.3 Å². The Kier molecular flexibility index (Phi) is 2.37. The first kappa shape index (κ1) is 8.52. The molecule has 1 N–H and O–H groups in total. The topological polar surface area (TPSA) is 15.3 Å². The molecule has 2 heteroatoms. The van der Waals surface area contributed by atoms with Gasteiger partial charge in [0.2, 0.25) is 0 Å². The number of hydrogen-bond donors (Lipinski definition) is 1. The van der Waals surface area contributed by atoms with Crippen LogP contribution in [0.25, 0.3) is 0 Å². The Morgan fingerprint density at radius 2 is 2.25 bits per heavy atom. The van der Waals surface area contributed by atoms with Crippen LogP contribution in [0.4, 0.5) is 0 Å². The molecule has 12 heavy (non-hydrogen) atoms. The highest BCUT2D eigenvalue weighted by atomic mass is 15.2. The molecule has 2 heterocycles. The minimum absolute atomic E-state index is 0.853. The first-order valence-corrected chi connectivity index (χ1v) is 5.22. The summed E-state index contributed by atoms with van der Waals surface area (Å²) in [5.41, 5.74) is 0. The minimum Gasteiger partial charge on any atom is -0.314 e. The molecule has 2 aliphatic rings. The summed E-state index contributed by atoms with van der Waals surface area (Å²) in [6.07, 6.45) is 1.42. The molecule has 2 rings (SSSR count). The number of piperazine rings is 1. The van der Waals surface area contributed by atoms with Crippen LogP contribution in [0.15, 0.2) is 0 Å². The number of nitrogens with one attached hydrogen (secondary N) is 1. The van der Waals surface area contributed by atoms with Crippen molar-refractivity contribution in [2.75, 3.05) is 26.2 Å². The molecule has 2 unspecified atom stereocenters. The molecule has 0 saturated carbocycles. The number of nitrogens with zero attached hydrogens (tertiary/aromatic N) is 1. The van der Waals surface area contributed by atoms with E-state index in [0.717, 1.165) is 17.9 Å². The van der Waals surface area contributed by atoms with Gasteiger partial charge in [-0.25, -0.2) is 0 Å². The third-order valence-electron chi connectivity index (χ3n) is 3.46. The van der Waals surface area contributed by atoms with Gasteiger partial charge in [0.25, 0.3) is 0 Å². The largest absolute Gasteiger partial charge is 0.314 e. The fraction of sp³-hybridized carbons (Fsp3) is 1.00. The lowest BCUT2D eigenvalue weighted by Crippen LogP contribution is -2.47. The van der Waals surface area contributed by atoms with Gasteiger partial charge in [0.1, 0.15) is 0 Å². The highest BCUT2D eigenvalue weighted by Crippen LogP contribution is 2.29. The van der Waals surface area contributed by atoms with E-state index in [1.165, 1.54) is 32.6 Å². The predicted octanol–water partition coefficient (Wildman–Crippen LogP) is 0.936. The van der Waals surface area contributed by atoms with E-state index in [9.17, 15) is 0 Å². The zero-order chi connectivity index (χ0) is 8.55. The summed E-state index contributed by atoms with van der Waals surface area (Å²) >= 11 is 0. The van der Waals surface area contributed by atoms with Crippen molar-refractivity contribution in [3.05, 3.63) is 0 Å². The normalized spacial score (nSPS) is 37.2. The van der Waals surface area contributed by atoms with Crippen LogP contribution in [0.2, 0.25) is 0 Å². The van der Waals surface area contributed by atoms with Crippen molar-refractivity contribution in [1.82, 2.24) is 10.2 Å². The van der Waals surface area contributed by atoms with Gasteiger partial charge in [-0.05, 0) is 18.3 Å². The van der Waals surface area contributed by atoms with Crippen molar-refractivity contribution in [3.63, 3.8) is 0 Å². The second-order valence-electron chi connectivity index (χ2n) is 4.59. The van der Waals surface area contributed by atoms with E-state index >= 15 is 0 Å². The highest BCUT2D eigenvalue weighted by Gasteiger charge is 2.34. The summed E-state index contributed by atoms with van der Waals surface area (Å²) in [4.78, 5) is 2.67. The Bertz CT molecular complexity index is 142. The first-order chi connectivity index (χ1) is 5.77. The lowest BCUT2D eigenvalue weighted by atomic mass is 9.93. The van der Waals surface area contributed by atoms with Crippen molar-refractivity contribution < 1.29 is 0 Å². The Labute approximate surface area is 75.3 Å². The zero-order valence-electron chi connectivity index (χ0n) is 8.21. The molecular formula is C10H20N2. The maximum absolute atomic E-state index is 3.47. The van der Waals surface area contributed by atoms with Crippen LogP contribution in [-0.2, 0) is 0 Å². The number of rotatable bonds is 1. The highest BCUT2D eigenvalue weighted by molar-refractivity contribution is 4.90.